The van der Waals surface area contributed by atoms with Crippen LogP contribution in [0.15, 0.2) is 23.8 Å². The Morgan fingerprint density at radius 3 is 3.17 bits per heavy atom. The third-order valence-corrected chi connectivity index (χ3v) is 2.74. The van der Waals surface area contributed by atoms with Crippen molar-refractivity contribution >= 4 is 0 Å². The average molecular weight is 166 g/mol. The van der Waals surface area contributed by atoms with Crippen molar-refractivity contribution in [2.45, 2.75) is 37.4 Å². The maximum absolute atomic E-state index is 9.96. The lowest BCUT2D eigenvalue weighted by Gasteiger charge is -2.26. The van der Waals surface area contributed by atoms with E-state index in [1.165, 1.54) is 0 Å². The van der Waals surface area contributed by atoms with Crippen molar-refractivity contribution in [2.24, 2.45) is 0 Å². The van der Waals surface area contributed by atoms with Crippen LogP contribution in [0.1, 0.15) is 25.7 Å². The SMILES string of the molecule is OC1CCCC2(O)C=CC=C1C2. The van der Waals surface area contributed by atoms with Crippen molar-refractivity contribution in [3.8, 4) is 0 Å². The zero-order valence-electron chi connectivity index (χ0n) is 7.03. The number of rotatable bonds is 0. The van der Waals surface area contributed by atoms with E-state index in [4.69, 9.17) is 0 Å². The third-order valence-electron chi connectivity index (χ3n) is 2.74. The van der Waals surface area contributed by atoms with Gasteiger partial charge in [-0.2, -0.15) is 0 Å². The van der Waals surface area contributed by atoms with Gasteiger partial charge in [0.2, 0.25) is 0 Å². The highest BCUT2D eigenvalue weighted by molar-refractivity contribution is 5.28. The fourth-order valence-electron chi connectivity index (χ4n) is 2.01. The van der Waals surface area contributed by atoms with Gasteiger partial charge in [-0.05, 0) is 24.8 Å². The molecule has 12 heavy (non-hydrogen) atoms. The summed E-state index contributed by atoms with van der Waals surface area (Å²) in [6.07, 6.45) is 8.37. The summed E-state index contributed by atoms with van der Waals surface area (Å²) < 4.78 is 0. The molecule has 66 valence electrons. The Morgan fingerprint density at radius 2 is 2.33 bits per heavy atom. The summed E-state index contributed by atoms with van der Waals surface area (Å²) >= 11 is 0. The van der Waals surface area contributed by atoms with Gasteiger partial charge in [0.15, 0.2) is 0 Å². The third kappa shape index (κ3) is 1.32. The first-order chi connectivity index (χ1) is 5.70. The molecule has 0 amide bonds. The molecule has 2 N–H and O–H groups in total. The minimum atomic E-state index is -0.665. The number of allylic oxidation sites excluding steroid dienone is 2. The first kappa shape index (κ1) is 8.02. The zero-order valence-corrected chi connectivity index (χ0v) is 7.03. The quantitative estimate of drug-likeness (QED) is 0.566. The lowest BCUT2D eigenvalue weighted by molar-refractivity contribution is 0.0814. The van der Waals surface area contributed by atoms with E-state index in [0.29, 0.717) is 6.42 Å². The molecule has 2 rings (SSSR count). The monoisotopic (exact) mass is 166 g/mol. The summed E-state index contributed by atoms with van der Waals surface area (Å²) in [7, 11) is 0. The molecule has 2 heteroatoms. The van der Waals surface area contributed by atoms with Crippen molar-refractivity contribution in [2.75, 3.05) is 0 Å². The summed E-state index contributed by atoms with van der Waals surface area (Å²) in [6, 6.07) is 0. The highest BCUT2D eigenvalue weighted by Crippen LogP contribution is 2.34. The maximum Gasteiger partial charge on any atom is 0.0868 e. The second-order valence-corrected chi connectivity index (χ2v) is 3.79. The van der Waals surface area contributed by atoms with Gasteiger partial charge in [-0.1, -0.05) is 18.2 Å². The van der Waals surface area contributed by atoms with Crippen LogP contribution in [0.5, 0.6) is 0 Å². The molecule has 2 bridgehead atoms. The van der Waals surface area contributed by atoms with Crippen molar-refractivity contribution < 1.29 is 10.2 Å². The highest BCUT2D eigenvalue weighted by Gasteiger charge is 2.32. The van der Waals surface area contributed by atoms with Crippen LogP contribution in [0.2, 0.25) is 0 Å². The van der Waals surface area contributed by atoms with E-state index >= 15 is 0 Å². The number of hydrogen-bond donors (Lipinski definition) is 2. The van der Waals surface area contributed by atoms with Crippen LogP contribution in [0.25, 0.3) is 0 Å². The van der Waals surface area contributed by atoms with E-state index < -0.39 is 5.60 Å². The van der Waals surface area contributed by atoms with Gasteiger partial charge < -0.3 is 10.2 Å². The molecule has 0 spiro atoms. The Labute approximate surface area is 72.2 Å². The van der Waals surface area contributed by atoms with E-state index in [2.05, 4.69) is 0 Å². The van der Waals surface area contributed by atoms with Crippen molar-refractivity contribution in [3.05, 3.63) is 23.8 Å². The molecule has 0 aliphatic heterocycles. The summed E-state index contributed by atoms with van der Waals surface area (Å²) in [5, 5.41) is 19.6. The van der Waals surface area contributed by atoms with E-state index in [-0.39, 0.29) is 6.10 Å². The van der Waals surface area contributed by atoms with Gasteiger partial charge in [0.05, 0.1) is 11.7 Å². The molecule has 1 fully saturated rings. The van der Waals surface area contributed by atoms with Gasteiger partial charge in [-0.25, -0.2) is 0 Å². The van der Waals surface area contributed by atoms with Gasteiger partial charge >= 0.3 is 0 Å². The minimum absolute atomic E-state index is 0.330. The van der Waals surface area contributed by atoms with Crippen LogP contribution in [0.3, 0.4) is 0 Å². The van der Waals surface area contributed by atoms with Crippen molar-refractivity contribution in [1.29, 1.82) is 0 Å². The largest absolute Gasteiger partial charge is 0.389 e. The van der Waals surface area contributed by atoms with Crippen LogP contribution in [0.4, 0.5) is 0 Å². The van der Waals surface area contributed by atoms with Crippen molar-refractivity contribution in [3.63, 3.8) is 0 Å². The molecule has 2 aliphatic rings. The summed E-state index contributed by atoms with van der Waals surface area (Å²) in [4.78, 5) is 0. The molecule has 0 heterocycles. The van der Waals surface area contributed by atoms with E-state index in [1.54, 1.807) is 0 Å². The molecule has 0 aromatic carbocycles. The van der Waals surface area contributed by atoms with Gasteiger partial charge in [-0.3, -0.25) is 0 Å². The molecule has 2 aliphatic carbocycles. The second-order valence-electron chi connectivity index (χ2n) is 3.79. The predicted molar refractivity (Wildman–Crippen MR) is 46.6 cm³/mol. The molecule has 2 nitrogen and oxygen atoms in total. The second kappa shape index (κ2) is 2.71. The zero-order chi connectivity index (χ0) is 8.60. The van der Waals surface area contributed by atoms with Crippen LogP contribution >= 0.6 is 0 Å². The van der Waals surface area contributed by atoms with Gasteiger partial charge in [-0.15, -0.1) is 0 Å². The molecular weight excluding hydrogens is 152 g/mol. The van der Waals surface area contributed by atoms with Gasteiger partial charge in [0, 0.05) is 6.42 Å². The molecule has 0 aromatic rings. The molecular formula is C10H14O2. The first-order valence-corrected chi connectivity index (χ1v) is 4.48. The number of fused-ring (bicyclic) bond motifs is 2. The molecule has 1 saturated carbocycles. The lowest BCUT2D eigenvalue weighted by Crippen LogP contribution is -2.27. The average Bonchev–Trinajstić information content (AvgIpc) is 2.11. The smallest absolute Gasteiger partial charge is 0.0868 e. The summed E-state index contributed by atoms with van der Waals surface area (Å²) in [5.74, 6) is 0. The minimum Gasteiger partial charge on any atom is -0.389 e. The fourth-order valence-corrected chi connectivity index (χ4v) is 2.01. The molecule has 0 saturated heterocycles. The Hall–Kier alpha value is -0.600. The maximum atomic E-state index is 9.96. The molecule has 0 aromatic heterocycles. The topological polar surface area (TPSA) is 40.5 Å². The predicted octanol–water partition coefficient (Wildman–Crippen LogP) is 1.15. The molecule has 2 atom stereocenters. The Kier molecular flexibility index (Phi) is 1.81. The lowest BCUT2D eigenvalue weighted by atomic mass is 9.88. The summed E-state index contributed by atoms with van der Waals surface area (Å²) in [5.41, 5.74) is 0.319. The van der Waals surface area contributed by atoms with Crippen LogP contribution < -0.4 is 0 Å². The van der Waals surface area contributed by atoms with Crippen LogP contribution in [0, 0.1) is 0 Å². The Bertz CT molecular complexity index is 242. The van der Waals surface area contributed by atoms with Crippen LogP contribution in [-0.4, -0.2) is 21.9 Å². The fraction of sp³-hybridized carbons (Fsp3) is 0.600. The van der Waals surface area contributed by atoms with E-state index in [1.807, 2.05) is 18.2 Å². The normalized spacial score (nSPS) is 40.5. The van der Waals surface area contributed by atoms with E-state index in [9.17, 15) is 10.2 Å². The standard InChI is InChI=1S/C10H14O2/c11-9-4-2-6-10(12)5-1-3-8(9)7-10/h1,3,5,9,11-12H,2,4,6-7H2. The Balaban J connectivity index is 2.29. The first-order valence-electron chi connectivity index (χ1n) is 4.48. The number of aliphatic hydroxyl groups is 2. The summed E-state index contributed by atoms with van der Waals surface area (Å²) in [6.45, 7) is 0. The van der Waals surface area contributed by atoms with Crippen LogP contribution in [-0.2, 0) is 0 Å². The molecule has 2 unspecified atom stereocenters. The Morgan fingerprint density at radius 1 is 1.50 bits per heavy atom. The van der Waals surface area contributed by atoms with Gasteiger partial charge in [0.25, 0.3) is 0 Å². The van der Waals surface area contributed by atoms with Crippen molar-refractivity contribution in [1.82, 2.24) is 0 Å². The highest BCUT2D eigenvalue weighted by atomic mass is 16.3. The number of hydrogen-bond acceptors (Lipinski definition) is 2. The van der Waals surface area contributed by atoms with Gasteiger partial charge in [0.1, 0.15) is 0 Å². The van der Waals surface area contributed by atoms with E-state index in [0.717, 1.165) is 24.8 Å². The number of aliphatic hydroxyl groups excluding tert-OH is 1. The molecule has 0 radical (unpaired) electrons.